The quantitative estimate of drug-likeness (QED) is 0.603. The molecule has 1 fully saturated rings. The molecule has 0 bridgehead atoms. The Morgan fingerprint density at radius 1 is 1.73 bits per heavy atom. The predicted molar refractivity (Wildman–Crippen MR) is 42.2 cm³/mol. The van der Waals surface area contributed by atoms with Gasteiger partial charge in [0.25, 0.3) is 0 Å². The summed E-state index contributed by atoms with van der Waals surface area (Å²) in [4.78, 5) is 10.9. The largest absolute Gasteiger partial charge is 0.469 e. The van der Waals surface area contributed by atoms with Crippen molar-refractivity contribution >= 4 is 5.97 Å². The molecule has 3 heteroatoms. The lowest BCUT2D eigenvalue weighted by Gasteiger charge is -2.28. The third-order valence-corrected chi connectivity index (χ3v) is 2.16. The summed E-state index contributed by atoms with van der Waals surface area (Å²) in [5, 5.41) is 3.17. The highest BCUT2D eigenvalue weighted by Gasteiger charge is 2.23. The summed E-state index contributed by atoms with van der Waals surface area (Å²) in [5.74, 6) is 0.660. The van der Waals surface area contributed by atoms with Crippen LogP contribution >= 0.6 is 0 Å². The van der Waals surface area contributed by atoms with E-state index in [1.165, 1.54) is 7.11 Å². The van der Waals surface area contributed by atoms with Crippen molar-refractivity contribution < 1.29 is 9.53 Å². The summed E-state index contributed by atoms with van der Waals surface area (Å²) in [6.45, 7) is 4.03. The van der Waals surface area contributed by atoms with E-state index in [-0.39, 0.29) is 11.9 Å². The van der Waals surface area contributed by atoms with Crippen molar-refractivity contribution in [2.45, 2.75) is 13.3 Å². The highest BCUT2D eigenvalue weighted by Crippen LogP contribution is 2.16. The minimum atomic E-state index is -0.0862. The molecule has 1 heterocycles. The fourth-order valence-corrected chi connectivity index (χ4v) is 1.31. The Kier molecular flexibility index (Phi) is 2.88. The molecule has 0 aromatic rings. The van der Waals surface area contributed by atoms with Crippen LogP contribution in [-0.2, 0) is 9.53 Å². The third kappa shape index (κ3) is 2.19. The van der Waals surface area contributed by atoms with Crippen molar-refractivity contribution in [2.75, 3.05) is 20.2 Å². The molecule has 11 heavy (non-hydrogen) atoms. The van der Waals surface area contributed by atoms with Crippen LogP contribution in [0.3, 0.4) is 0 Å². The van der Waals surface area contributed by atoms with E-state index in [9.17, 15) is 4.79 Å². The Labute approximate surface area is 67.1 Å². The highest BCUT2D eigenvalue weighted by molar-refractivity contribution is 5.71. The van der Waals surface area contributed by atoms with E-state index >= 15 is 0 Å². The summed E-state index contributed by atoms with van der Waals surface area (Å²) in [6, 6.07) is 0. The first-order valence-electron chi connectivity index (χ1n) is 4.02. The molecule has 1 saturated heterocycles. The van der Waals surface area contributed by atoms with Gasteiger partial charge in [-0.1, -0.05) is 6.92 Å². The maximum Gasteiger partial charge on any atom is 0.308 e. The summed E-state index contributed by atoms with van der Waals surface area (Å²) >= 11 is 0. The SMILES string of the molecule is COC(=O)C(C)CC1CNC1. The molecule has 1 aliphatic rings. The number of carbonyl (C=O) groups excluding carboxylic acids is 1. The maximum atomic E-state index is 10.9. The lowest BCUT2D eigenvalue weighted by Crippen LogP contribution is -2.43. The van der Waals surface area contributed by atoms with Crippen LogP contribution in [0.15, 0.2) is 0 Å². The van der Waals surface area contributed by atoms with Gasteiger partial charge in [-0.3, -0.25) is 4.79 Å². The van der Waals surface area contributed by atoms with Crippen LogP contribution in [0.25, 0.3) is 0 Å². The van der Waals surface area contributed by atoms with Crippen molar-refractivity contribution in [3.8, 4) is 0 Å². The smallest absolute Gasteiger partial charge is 0.308 e. The van der Waals surface area contributed by atoms with Gasteiger partial charge in [-0.15, -0.1) is 0 Å². The van der Waals surface area contributed by atoms with Crippen LogP contribution < -0.4 is 5.32 Å². The van der Waals surface area contributed by atoms with E-state index < -0.39 is 0 Å². The normalized spacial score (nSPS) is 20.5. The number of carbonyl (C=O) groups is 1. The van der Waals surface area contributed by atoms with E-state index in [2.05, 4.69) is 10.1 Å². The molecular weight excluding hydrogens is 142 g/mol. The number of nitrogens with one attached hydrogen (secondary N) is 1. The van der Waals surface area contributed by atoms with E-state index in [0.29, 0.717) is 5.92 Å². The summed E-state index contributed by atoms with van der Waals surface area (Å²) in [7, 11) is 1.44. The van der Waals surface area contributed by atoms with Gasteiger partial charge in [-0.05, 0) is 25.4 Å². The first-order valence-corrected chi connectivity index (χ1v) is 4.02. The minimum absolute atomic E-state index is 0.0621. The van der Waals surface area contributed by atoms with E-state index in [1.807, 2.05) is 6.92 Å². The topological polar surface area (TPSA) is 38.3 Å². The number of rotatable bonds is 3. The average molecular weight is 157 g/mol. The van der Waals surface area contributed by atoms with Gasteiger partial charge in [-0.25, -0.2) is 0 Å². The van der Waals surface area contributed by atoms with Gasteiger partial charge < -0.3 is 10.1 Å². The second kappa shape index (κ2) is 3.72. The molecule has 0 aromatic heterocycles. The molecule has 0 aliphatic carbocycles. The monoisotopic (exact) mass is 157 g/mol. The number of esters is 1. The van der Waals surface area contributed by atoms with Crippen LogP contribution in [0.5, 0.6) is 0 Å². The maximum absolute atomic E-state index is 10.9. The van der Waals surface area contributed by atoms with Gasteiger partial charge in [0.2, 0.25) is 0 Å². The molecule has 1 N–H and O–H groups in total. The van der Waals surface area contributed by atoms with Crippen LogP contribution in [0.4, 0.5) is 0 Å². The van der Waals surface area contributed by atoms with Crippen LogP contribution in [0, 0.1) is 11.8 Å². The third-order valence-electron chi connectivity index (χ3n) is 2.16. The van der Waals surface area contributed by atoms with Gasteiger partial charge in [-0.2, -0.15) is 0 Å². The fourth-order valence-electron chi connectivity index (χ4n) is 1.31. The molecule has 3 nitrogen and oxygen atoms in total. The van der Waals surface area contributed by atoms with Crippen molar-refractivity contribution in [3.05, 3.63) is 0 Å². The van der Waals surface area contributed by atoms with Gasteiger partial charge in [0, 0.05) is 0 Å². The van der Waals surface area contributed by atoms with Gasteiger partial charge >= 0.3 is 5.97 Å². The number of hydrogen-bond donors (Lipinski definition) is 1. The van der Waals surface area contributed by atoms with Gasteiger partial charge in [0.05, 0.1) is 13.0 Å². The standard InChI is InChI=1S/C8H15NO2/c1-6(8(10)11-2)3-7-4-9-5-7/h6-7,9H,3-5H2,1-2H3. The molecule has 1 aliphatic heterocycles. The Bertz CT molecular complexity index is 143. The zero-order chi connectivity index (χ0) is 8.27. The number of methoxy groups -OCH3 is 1. The molecule has 0 saturated carbocycles. The lowest BCUT2D eigenvalue weighted by atomic mass is 9.91. The van der Waals surface area contributed by atoms with E-state index in [0.717, 1.165) is 19.5 Å². The lowest BCUT2D eigenvalue weighted by molar-refractivity contribution is -0.145. The first-order chi connectivity index (χ1) is 5.24. The van der Waals surface area contributed by atoms with Crippen molar-refractivity contribution in [1.29, 1.82) is 0 Å². The highest BCUT2D eigenvalue weighted by atomic mass is 16.5. The fraction of sp³-hybridized carbons (Fsp3) is 0.875. The second-order valence-electron chi connectivity index (χ2n) is 3.18. The van der Waals surface area contributed by atoms with E-state index in [1.54, 1.807) is 0 Å². The average Bonchev–Trinajstić information content (AvgIpc) is 1.94. The molecule has 1 rings (SSSR count). The Hall–Kier alpha value is -0.570. The van der Waals surface area contributed by atoms with Crippen molar-refractivity contribution in [3.63, 3.8) is 0 Å². The molecule has 0 radical (unpaired) electrons. The number of ether oxygens (including phenoxy) is 1. The summed E-state index contributed by atoms with van der Waals surface area (Å²) in [5.41, 5.74) is 0. The molecule has 0 aromatic carbocycles. The minimum Gasteiger partial charge on any atom is -0.469 e. The van der Waals surface area contributed by atoms with E-state index in [4.69, 9.17) is 0 Å². The zero-order valence-electron chi connectivity index (χ0n) is 7.09. The molecule has 0 spiro atoms. The second-order valence-corrected chi connectivity index (χ2v) is 3.18. The first kappa shape index (κ1) is 8.53. The van der Waals surface area contributed by atoms with Crippen LogP contribution in [-0.4, -0.2) is 26.2 Å². The van der Waals surface area contributed by atoms with Crippen LogP contribution in [0.1, 0.15) is 13.3 Å². The molecule has 0 amide bonds. The Morgan fingerprint density at radius 3 is 2.73 bits per heavy atom. The summed E-state index contributed by atoms with van der Waals surface area (Å²) < 4.78 is 4.62. The zero-order valence-corrected chi connectivity index (χ0v) is 7.09. The Balaban J connectivity index is 2.18. The van der Waals surface area contributed by atoms with Gasteiger partial charge in [0.1, 0.15) is 0 Å². The van der Waals surface area contributed by atoms with Gasteiger partial charge in [0.15, 0.2) is 0 Å². The van der Waals surface area contributed by atoms with Crippen molar-refractivity contribution in [1.82, 2.24) is 5.32 Å². The predicted octanol–water partition coefficient (Wildman–Crippen LogP) is 0.405. The Morgan fingerprint density at radius 2 is 2.36 bits per heavy atom. The summed E-state index contributed by atoms with van der Waals surface area (Å²) in [6.07, 6.45) is 0.958. The number of hydrogen-bond acceptors (Lipinski definition) is 3. The molecule has 1 unspecified atom stereocenters. The van der Waals surface area contributed by atoms with Crippen LogP contribution in [0.2, 0.25) is 0 Å². The molecule has 1 atom stereocenters. The molecular formula is C8H15NO2. The van der Waals surface area contributed by atoms with Crippen molar-refractivity contribution in [2.24, 2.45) is 11.8 Å². The molecule has 64 valence electrons.